The van der Waals surface area contributed by atoms with Gasteiger partial charge in [0.15, 0.2) is 0 Å². The lowest BCUT2D eigenvalue weighted by Crippen LogP contribution is -2.16. The number of rotatable bonds is 2. The molecule has 0 bridgehead atoms. The number of aromatic nitrogens is 1. The minimum absolute atomic E-state index is 0.286. The average Bonchev–Trinajstić information content (AvgIpc) is 2.43. The molecule has 0 spiro atoms. The first kappa shape index (κ1) is 12.8. The van der Waals surface area contributed by atoms with Crippen molar-refractivity contribution in [2.45, 2.75) is 20.0 Å². The van der Waals surface area contributed by atoms with Gasteiger partial charge in [-0.2, -0.15) is 0 Å². The quantitative estimate of drug-likeness (QED) is 0.915. The first-order valence-corrected chi connectivity index (χ1v) is 7.12. The number of halogens is 2. The van der Waals surface area contributed by atoms with Gasteiger partial charge in [0, 0.05) is 28.4 Å². The smallest absolute Gasteiger partial charge is 0.149 e. The van der Waals surface area contributed by atoms with Crippen molar-refractivity contribution in [3.8, 4) is 0 Å². The summed E-state index contributed by atoms with van der Waals surface area (Å²) in [5.74, 6) is -0.286. The second-order valence-electron chi connectivity index (χ2n) is 4.50. The van der Waals surface area contributed by atoms with E-state index in [0.717, 1.165) is 39.8 Å². The van der Waals surface area contributed by atoms with Crippen LogP contribution in [0.3, 0.4) is 0 Å². The van der Waals surface area contributed by atoms with Crippen molar-refractivity contribution in [3.05, 3.63) is 33.7 Å². The van der Waals surface area contributed by atoms with E-state index in [2.05, 4.69) is 26.2 Å². The van der Waals surface area contributed by atoms with Gasteiger partial charge >= 0.3 is 0 Å². The van der Waals surface area contributed by atoms with Gasteiger partial charge in [-0.05, 0) is 19.1 Å². The van der Waals surface area contributed by atoms with Gasteiger partial charge in [-0.25, -0.2) is 9.37 Å². The van der Waals surface area contributed by atoms with Crippen molar-refractivity contribution in [2.75, 3.05) is 18.5 Å². The molecule has 2 aromatic rings. The number of anilines is 1. The number of ether oxygens (including phenoxy) is 1. The van der Waals surface area contributed by atoms with Crippen molar-refractivity contribution in [3.63, 3.8) is 0 Å². The summed E-state index contributed by atoms with van der Waals surface area (Å²) >= 11 is 3.49. The number of pyridine rings is 1. The number of hydrogen-bond donors (Lipinski definition) is 1. The lowest BCUT2D eigenvalue weighted by molar-refractivity contribution is 0.110. The molecule has 1 aliphatic rings. The summed E-state index contributed by atoms with van der Waals surface area (Å²) in [5.41, 5.74) is 3.35. The SMILES string of the molecule is CCNc1c2c(nc3c(F)ccc(Br)c13)CCOC2. The van der Waals surface area contributed by atoms with Crippen molar-refractivity contribution >= 4 is 32.5 Å². The number of nitrogens with zero attached hydrogens (tertiary/aromatic N) is 1. The molecule has 1 aromatic carbocycles. The van der Waals surface area contributed by atoms with Crippen molar-refractivity contribution in [2.24, 2.45) is 0 Å². The highest BCUT2D eigenvalue weighted by molar-refractivity contribution is 9.10. The predicted molar refractivity (Wildman–Crippen MR) is 76.9 cm³/mol. The monoisotopic (exact) mass is 324 g/mol. The zero-order valence-electron chi connectivity index (χ0n) is 10.6. The lowest BCUT2D eigenvalue weighted by Gasteiger charge is -2.22. The molecule has 0 atom stereocenters. The number of fused-ring (bicyclic) bond motifs is 2. The van der Waals surface area contributed by atoms with Crippen LogP contribution in [0.2, 0.25) is 0 Å². The molecule has 100 valence electrons. The minimum Gasteiger partial charge on any atom is -0.384 e. The first-order valence-electron chi connectivity index (χ1n) is 6.33. The van der Waals surface area contributed by atoms with Crippen LogP contribution in [0, 0.1) is 5.82 Å². The number of benzene rings is 1. The van der Waals surface area contributed by atoms with E-state index in [0.29, 0.717) is 18.7 Å². The molecular formula is C14H14BrFN2O. The molecule has 0 fully saturated rings. The Morgan fingerprint density at radius 2 is 2.32 bits per heavy atom. The zero-order valence-corrected chi connectivity index (χ0v) is 12.2. The van der Waals surface area contributed by atoms with Gasteiger partial charge in [0.25, 0.3) is 0 Å². The Labute approximate surface area is 119 Å². The molecule has 3 nitrogen and oxygen atoms in total. The second kappa shape index (κ2) is 5.06. The molecule has 2 heterocycles. The maximum Gasteiger partial charge on any atom is 0.149 e. The molecule has 19 heavy (non-hydrogen) atoms. The van der Waals surface area contributed by atoms with Crippen LogP contribution < -0.4 is 5.32 Å². The molecule has 0 saturated carbocycles. The van der Waals surface area contributed by atoms with Crippen LogP contribution in [0.25, 0.3) is 10.9 Å². The second-order valence-corrected chi connectivity index (χ2v) is 5.35. The van der Waals surface area contributed by atoms with Gasteiger partial charge in [0.1, 0.15) is 11.3 Å². The predicted octanol–water partition coefficient (Wildman–Crippen LogP) is 3.64. The molecule has 0 radical (unpaired) electrons. The van der Waals surface area contributed by atoms with Crippen molar-refractivity contribution in [1.29, 1.82) is 0 Å². The molecule has 1 aromatic heterocycles. The summed E-state index contributed by atoms with van der Waals surface area (Å²) in [5, 5.41) is 4.13. The summed E-state index contributed by atoms with van der Waals surface area (Å²) in [6.07, 6.45) is 0.732. The third-order valence-electron chi connectivity index (χ3n) is 3.31. The van der Waals surface area contributed by atoms with Crippen LogP contribution in [0.4, 0.5) is 10.1 Å². The molecule has 0 amide bonds. The highest BCUT2D eigenvalue weighted by atomic mass is 79.9. The fraction of sp³-hybridized carbons (Fsp3) is 0.357. The molecule has 0 saturated heterocycles. The normalized spacial score (nSPS) is 14.5. The molecule has 0 unspecified atom stereocenters. The van der Waals surface area contributed by atoms with E-state index in [9.17, 15) is 4.39 Å². The molecule has 3 rings (SSSR count). The fourth-order valence-corrected chi connectivity index (χ4v) is 2.98. The molecule has 0 aliphatic carbocycles. The Bertz CT molecular complexity index is 645. The van der Waals surface area contributed by atoms with Crippen LogP contribution in [-0.4, -0.2) is 18.1 Å². The van der Waals surface area contributed by atoms with E-state index >= 15 is 0 Å². The molecular weight excluding hydrogens is 311 g/mol. The summed E-state index contributed by atoms with van der Waals surface area (Å²) in [6, 6.07) is 3.16. The zero-order chi connectivity index (χ0) is 13.4. The van der Waals surface area contributed by atoms with Crippen molar-refractivity contribution < 1.29 is 9.13 Å². The maximum absolute atomic E-state index is 14.0. The van der Waals surface area contributed by atoms with E-state index in [1.165, 1.54) is 6.07 Å². The van der Waals surface area contributed by atoms with Gasteiger partial charge in [-0.1, -0.05) is 15.9 Å². The lowest BCUT2D eigenvalue weighted by atomic mass is 10.0. The minimum atomic E-state index is -0.286. The summed E-state index contributed by atoms with van der Waals surface area (Å²) in [6.45, 7) is 3.97. The van der Waals surface area contributed by atoms with Crippen LogP contribution in [-0.2, 0) is 17.8 Å². The first-order chi connectivity index (χ1) is 9.22. The van der Waals surface area contributed by atoms with Gasteiger partial charge < -0.3 is 10.1 Å². The number of nitrogens with one attached hydrogen (secondary N) is 1. The van der Waals surface area contributed by atoms with Gasteiger partial charge in [-0.3, -0.25) is 0 Å². The summed E-state index contributed by atoms with van der Waals surface area (Å²) in [7, 11) is 0. The van der Waals surface area contributed by atoms with E-state index in [1.54, 1.807) is 6.07 Å². The summed E-state index contributed by atoms with van der Waals surface area (Å²) in [4.78, 5) is 4.49. The summed E-state index contributed by atoms with van der Waals surface area (Å²) < 4.78 is 20.4. The highest BCUT2D eigenvalue weighted by Gasteiger charge is 2.21. The van der Waals surface area contributed by atoms with Crippen LogP contribution in [0.15, 0.2) is 16.6 Å². The topological polar surface area (TPSA) is 34.2 Å². The molecule has 1 N–H and O–H groups in total. The fourth-order valence-electron chi connectivity index (χ4n) is 2.46. The van der Waals surface area contributed by atoms with Gasteiger partial charge in [0.2, 0.25) is 0 Å². The Balaban J connectivity index is 2.39. The van der Waals surface area contributed by atoms with Crippen molar-refractivity contribution in [1.82, 2.24) is 4.98 Å². The van der Waals surface area contributed by atoms with Crippen LogP contribution >= 0.6 is 15.9 Å². The van der Waals surface area contributed by atoms with Gasteiger partial charge in [-0.15, -0.1) is 0 Å². The third-order valence-corrected chi connectivity index (χ3v) is 3.97. The van der Waals surface area contributed by atoms with E-state index in [4.69, 9.17) is 4.74 Å². The van der Waals surface area contributed by atoms with E-state index in [1.807, 2.05) is 6.92 Å². The molecule has 1 aliphatic heterocycles. The Morgan fingerprint density at radius 1 is 1.47 bits per heavy atom. The van der Waals surface area contributed by atoms with Crippen LogP contribution in [0.1, 0.15) is 18.2 Å². The Kier molecular flexibility index (Phi) is 3.41. The number of hydrogen-bond acceptors (Lipinski definition) is 3. The third kappa shape index (κ3) is 2.11. The average molecular weight is 325 g/mol. The standard InChI is InChI=1S/C14H14BrFN2O/c1-2-17-13-8-7-19-6-5-11(8)18-14-10(16)4-3-9(15)12(13)14/h3-4H,2,5-7H2,1H3,(H,17,18). The maximum atomic E-state index is 14.0. The Morgan fingerprint density at radius 3 is 3.11 bits per heavy atom. The van der Waals surface area contributed by atoms with Crippen LogP contribution in [0.5, 0.6) is 0 Å². The Hall–Kier alpha value is -1.20. The molecule has 5 heteroatoms. The van der Waals surface area contributed by atoms with E-state index in [-0.39, 0.29) is 5.82 Å². The van der Waals surface area contributed by atoms with Gasteiger partial charge in [0.05, 0.1) is 24.6 Å². The largest absolute Gasteiger partial charge is 0.384 e. The van der Waals surface area contributed by atoms with E-state index < -0.39 is 0 Å². The highest BCUT2D eigenvalue weighted by Crippen LogP contribution is 2.36.